The minimum atomic E-state index is -0.666. The molecule has 0 spiro atoms. The van der Waals surface area contributed by atoms with Crippen LogP contribution in [0.15, 0.2) is 24.3 Å². The molecule has 0 saturated carbocycles. The fourth-order valence-corrected chi connectivity index (χ4v) is 3.68. The minimum Gasteiger partial charge on any atom is -0.372 e. The third kappa shape index (κ3) is 3.66. The van der Waals surface area contributed by atoms with Gasteiger partial charge in [-0.1, -0.05) is 6.07 Å². The summed E-state index contributed by atoms with van der Waals surface area (Å²) < 4.78 is 0. The Bertz CT molecular complexity index is 700. The van der Waals surface area contributed by atoms with E-state index in [2.05, 4.69) is 10.2 Å². The summed E-state index contributed by atoms with van der Waals surface area (Å²) in [5.74, 6) is -0.495. The number of anilines is 1. The Labute approximate surface area is 153 Å². The van der Waals surface area contributed by atoms with Crippen molar-refractivity contribution in [3.63, 3.8) is 0 Å². The smallest absolute Gasteiger partial charge is 0.254 e. The minimum absolute atomic E-state index is 0.0815. The van der Waals surface area contributed by atoms with Gasteiger partial charge < -0.3 is 20.0 Å². The molecule has 1 atom stereocenters. The van der Waals surface area contributed by atoms with Gasteiger partial charge in [0.15, 0.2) is 0 Å². The van der Waals surface area contributed by atoms with Crippen molar-refractivity contribution < 1.29 is 14.4 Å². The van der Waals surface area contributed by atoms with E-state index in [1.54, 1.807) is 22.9 Å². The second-order valence-corrected chi connectivity index (χ2v) is 6.84. The maximum atomic E-state index is 13.1. The van der Waals surface area contributed by atoms with E-state index in [4.69, 9.17) is 0 Å². The van der Waals surface area contributed by atoms with Gasteiger partial charge in [-0.05, 0) is 31.0 Å². The van der Waals surface area contributed by atoms with Crippen molar-refractivity contribution in [2.75, 3.05) is 44.7 Å². The quantitative estimate of drug-likeness (QED) is 0.864. The van der Waals surface area contributed by atoms with Crippen LogP contribution in [-0.2, 0) is 9.59 Å². The van der Waals surface area contributed by atoms with Crippen LogP contribution in [-0.4, -0.2) is 73.3 Å². The lowest BCUT2D eigenvalue weighted by Crippen LogP contribution is -2.61. The molecular weight excluding hydrogens is 332 g/mol. The lowest BCUT2D eigenvalue weighted by Gasteiger charge is -2.40. The average Bonchev–Trinajstić information content (AvgIpc) is 3.21. The van der Waals surface area contributed by atoms with Crippen molar-refractivity contribution >= 4 is 23.4 Å². The Morgan fingerprint density at radius 3 is 2.46 bits per heavy atom. The third-order valence-corrected chi connectivity index (χ3v) is 5.20. The van der Waals surface area contributed by atoms with Crippen molar-refractivity contribution in [2.45, 2.75) is 25.8 Å². The maximum absolute atomic E-state index is 13.1. The second-order valence-electron chi connectivity index (χ2n) is 6.84. The van der Waals surface area contributed by atoms with Gasteiger partial charge in [-0.15, -0.1) is 0 Å². The standard InChI is InChI=1S/C19H26N4O3/c1-14(24)22-10-11-23(17(13-22)18(25)20-2)19(26)15-6-5-7-16(12-15)21-8-3-4-9-21/h5-7,12,17H,3-4,8-11,13H2,1-2H3,(H,20,25). The van der Waals surface area contributed by atoms with Crippen LogP contribution in [0.5, 0.6) is 0 Å². The van der Waals surface area contributed by atoms with Crippen molar-refractivity contribution in [3.8, 4) is 0 Å². The van der Waals surface area contributed by atoms with Gasteiger partial charge in [-0.2, -0.15) is 0 Å². The molecule has 7 heteroatoms. The zero-order chi connectivity index (χ0) is 18.7. The number of amides is 3. The van der Waals surface area contributed by atoms with Crippen LogP contribution in [0, 0.1) is 0 Å². The molecule has 3 amide bonds. The Morgan fingerprint density at radius 2 is 1.81 bits per heavy atom. The number of hydrogen-bond donors (Lipinski definition) is 1. The molecule has 2 heterocycles. The Hall–Kier alpha value is -2.57. The topological polar surface area (TPSA) is 73.0 Å². The molecule has 1 N–H and O–H groups in total. The first-order valence-electron chi connectivity index (χ1n) is 9.14. The predicted molar refractivity (Wildman–Crippen MR) is 99.0 cm³/mol. The molecule has 140 valence electrons. The Morgan fingerprint density at radius 1 is 1.08 bits per heavy atom. The van der Waals surface area contributed by atoms with Crippen molar-refractivity contribution in [1.29, 1.82) is 0 Å². The maximum Gasteiger partial charge on any atom is 0.254 e. The summed E-state index contributed by atoms with van der Waals surface area (Å²) in [4.78, 5) is 42.6. The van der Waals surface area contributed by atoms with Gasteiger partial charge in [0.1, 0.15) is 6.04 Å². The monoisotopic (exact) mass is 358 g/mol. The van der Waals surface area contributed by atoms with E-state index >= 15 is 0 Å². The summed E-state index contributed by atoms with van der Waals surface area (Å²) in [6, 6.07) is 6.94. The number of likely N-dealkylation sites (N-methyl/N-ethyl adjacent to an activating group) is 1. The highest BCUT2D eigenvalue weighted by Gasteiger charge is 2.36. The predicted octanol–water partition coefficient (Wildman–Crippen LogP) is 0.706. The van der Waals surface area contributed by atoms with Crippen LogP contribution >= 0.6 is 0 Å². The number of rotatable bonds is 3. The Kier molecular flexibility index (Phi) is 5.44. The van der Waals surface area contributed by atoms with Gasteiger partial charge in [0.25, 0.3) is 5.91 Å². The van der Waals surface area contributed by atoms with Crippen molar-refractivity contribution in [2.24, 2.45) is 0 Å². The summed E-state index contributed by atoms with van der Waals surface area (Å²) in [6.07, 6.45) is 2.34. The molecule has 0 aliphatic carbocycles. The fourth-order valence-electron chi connectivity index (χ4n) is 3.68. The highest BCUT2D eigenvalue weighted by atomic mass is 16.2. The van der Waals surface area contributed by atoms with Crippen LogP contribution < -0.4 is 10.2 Å². The van der Waals surface area contributed by atoms with Crippen LogP contribution in [0.3, 0.4) is 0 Å². The highest BCUT2D eigenvalue weighted by molar-refractivity contribution is 5.98. The zero-order valence-corrected chi connectivity index (χ0v) is 15.4. The zero-order valence-electron chi connectivity index (χ0n) is 15.4. The lowest BCUT2D eigenvalue weighted by molar-refractivity contribution is -0.135. The van der Waals surface area contributed by atoms with E-state index in [-0.39, 0.29) is 24.3 Å². The van der Waals surface area contributed by atoms with Crippen LogP contribution in [0.1, 0.15) is 30.1 Å². The number of benzene rings is 1. The number of carbonyl (C=O) groups excluding carboxylic acids is 3. The molecule has 2 aliphatic rings. The molecule has 1 aromatic rings. The molecule has 0 aromatic heterocycles. The number of nitrogens with one attached hydrogen (secondary N) is 1. The van der Waals surface area contributed by atoms with Gasteiger partial charge >= 0.3 is 0 Å². The van der Waals surface area contributed by atoms with Gasteiger partial charge in [0.2, 0.25) is 11.8 Å². The number of carbonyl (C=O) groups is 3. The van der Waals surface area contributed by atoms with Gasteiger partial charge in [0, 0.05) is 51.4 Å². The SMILES string of the molecule is CNC(=O)C1CN(C(C)=O)CCN1C(=O)c1cccc(N2CCCC2)c1. The normalized spacial score (nSPS) is 20.2. The van der Waals surface area contributed by atoms with Crippen LogP contribution in [0.2, 0.25) is 0 Å². The second kappa shape index (κ2) is 7.76. The summed E-state index contributed by atoms with van der Waals surface area (Å²) in [7, 11) is 1.55. The molecule has 0 bridgehead atoms. The molecule has 2 fully saturated rings. The highest BCUT2D eigenvalue weighted by Crippen LogP contribution is 2.23. The summed E-state index contributed by atoms with van der Waals surface area (Å²) >= 11 is 0. The Balaban J connectivity index is 1.82. The van der Waals surface area contributed by atoms with Crippen LogP contribution in [0.4, 0.5) is 5.69 Å². The molecule has 1 aromatic carbocycles. The van der Waals surface area contributed by atoms with Crippen molar-refractivity contribution in [3.05, 3.63) is 29.8 Å². The van der Waals surface area contributed by atoms with E-state index in [1.807, 2.05) is 18.2 Å². The number of nitrogens with zero attached hydrogens (tertiary/aromatic N) is 3. The molecular formula is C19H26N4O3. The number of hydrogen-bond acceptors (Lipinski definition) is 4. The first-order valence-corrected chi connectivity index (χ1v) is 9.14. The average molecular weight is 358 g/mol. The fraction of sp³-hybridized carbons (Fsp3) is 0.526. The van der Waals surface area contributed by atoms with Crippen LogP contribution in [0.25, 0.3) is 0 Å². The van der Waals surface area contributed by atoms with E-state index in [9.17, 15) is 14.4 Å². The van der Waals surface area contributed by atoms with Gasteiger partial charge in [-0.25, -0.2) is 0 Å². The molecule has 3 rings (SSSR count). The summed E-state index contributed by atoms with van der Waals surface area (Å²) in [6.45, 7) is 4.53. The van der Waals surface area contributed by atoms with E-state index in [0.29, 0.717) is 18.7 Å². The third-order valence-electron chi connectivity index (χ3n) is 5.20. The first-order chi connectivity index (χ1) is 12.5. The molecule has 0 radical (unpaired) electrons. The largest absolute Gasteiger partial charge is 0.372 e. The summed E-state index contributed by atoms with van der Waals surface area (Å²) in [5.41, 5.74) is 1.63. The molecule has 2 saturated heterocycles. The number of piperazine rings is 1. The van der Waals surface area contributed by atoms with E-state index in [0.717, 1.165) is 18.8 Å². The molecule has 26 heavy (non-hydrogen) atoms. The van der Waals surface area contributed by atoms with Gasteiger partial charge in [-0.3, -0.25) is 14.4 Å². The van der Waals surface area contributed by atoms with Crippen molar-refractivity contribution in [1.82, 2.24) is 15.1 Å². The van der Waals surface area contributed by atoms with E-state index in [1.165, 1.54) is 19.8 Å². The van der Waals surface area contributed by atoms with Gasteiger partial charge in [0.05, 0.1) is 6.54 Å². The lowest BCUT2D eigenvalue weighted by atomic mass is 10.1. The molecule has 2 aliphatic heterocycles. The summed E-state index contributed by atoms with van der Waals surface area (Å²) in [5, 5.41) is 2.61. The molecule has 7 nitrogen and oxygen atoms in total. The molecule has 1 unspecified atom stereocenters. The van der Waals surface area contributed by atoms with E-state index < -0.39 is 6.04 Å². The first kappa shape index (κ1) is 18.2.